The highest BCUT2D eigenvalue weighted by molar-refractivity contribution is 5.75. The second-order valence-corrected chi connectivity index (χ2v) is 5.48. The number of hydrogen-bond donors (Lipinski definition) is 0. The molecule has 0 aliphatic carbocycles. The van der Waals surface area contributed by atoms with E-state index in [1.54, 1.807) is 28.8 Å². The first-order chi connectivity index (χ1) is 11.4. The van der Waals surface area contributed by atoms with E-state index in [4.69, 9.17) is 4.74 Å². The van der Waals surface area contributed by atoms with Crippen molar-refractivity contribution in [2.45, 2.75) is 19.6 Å². The van der Waals surface area contributed by atoms with Gasteiger partial charge in [0.15, 0.2) is 0 Å². The fourth-order valence-electron chi connectivity index (χ4n) is 2.75. The minimum atomic E-state index is -4.38. The molecule has 0 fully saturated rings. The van der Waals surface area contributed by atoms with Gasteiger partial charge in [0.1, 0.15) is 5.82 Å². The van der Waals surface area contributed by atoms with E-state index in [0.717, 1.165) is 18.0 Å². The van der Waals surface area contributed by atoms with Crippen LogP contribution >= 0.6 is 0 Å². The average Bonchev–Trinajstić information content (AvgIpc) is 3.02. The Morgan fingerprint density at radius 3 is 2.58 bits per heavy atom. The minimum Gasteiger partial charge on any atom is -0.466 e. The summed E-state index contributed by atoms with van der Waals surface area (Å²) in [7, 11) is 0. The molecule has 1 atom stereocenters. The van der Waals surface area contributed by atoms with Crippen LogP contribution in [0, 0.1) is 5.92 Å². The molecule has 1 aliphatic heterocycles. The Balaban J connectivity index is 1.90. The van der Waals surface area contributed by atoms with Gasteiger partial charge in [0.05, 0.1) is 30.8 Å². The molecule has 1 aliphatic rings. The maximum atomic E-state index is 12.7. The first-order valence-electron chi connectivity index (χ1n) is 7.53. The number of benzene rings is 1. The highest BCUT2D eigenvalue weighted by atomic mass is 19.4. The van der Waals surface area contributed by atoms with Crippen molar-refractivity contribution in [1.82, 2.24) is 9.78 Å². The molecule has 8 heteroatoms. The van der Waals surface area contributed by atoms with Crippen LogP contribution in [0.5, 0.6) is 0 Å². The molecule has 0 amide bonds. The van der Waals surface area contributed by atoms with Crippen molar-refractivity contribution < 1.29 is 22.7 Å². The van der Waals surface area contributed by atoms with Gasteiger partial charge >= 0.3 is 12.1 Å². The van der Waals surface area contributed by atoms with E-state index in [0.29, 0.717) is 18.8 Å². The van der Waals surface area contributed by atoms with Crippen LogP contribution in [0.25, 0.3) is 0 Å². The number of nitrogens with zero attached hydrogens (tertiary/aromatic N) is 3. The topological polar surface area (TPSA) is 47.4 Å². The number of fused-ring (bicyclic) bond motifs is 1. The zero-order valence-corrected chi connectivity index (χ0v) is 13.0. The van der Waals surface area contributed by atoms with Crippen molar-refractivity contribution in [3.63, 3.8) is 0 Å². The van der Waals surface area contributed by atoms with Crippen LogP contribution in [0.2, 0.25) is 0 Å². The van der Waals surface area contributed by atoms with Crippen molar-refractivity contribution >= 4 is 17.5 Å². The average molecular weight is 339 g/mol. The summed E-state index contributed by atoms with van der Waals surface area (Å²) < 4.78 is 44.9. The summed E-state index contributed by atoms with van der Waals surface area (Å²) >= 11 is 0. The lowest BCUT2D eigenvalue weighted by Crippen LogP contribution is -2.40. The number of hydrogen-bond acceptors (Lipinski definition) is 4. The number of esters is 1. The Kier molecular flexibility index (Phi) is 4.21. The maximum absolute atomic E-state index is 12.7. The molecule has 0 saturated carbocycles. The molecule has 1 unspecified atom stereocenters. The fraction of sp³-hybridized carbons (Fsp3) is 0.375. The summed E-state index contributed by atoms with van der Waals surface area (Å²) in [5.74, 6) is -0.0366. The second kappa shape index (κ2) is 6.18. The number of carbonyl (C=O) groups is 1. The normalized spacial score (nSPS) is 17.5. The van der Waals surface area contributed by atoms with Gasteiger partial charge in [0.25, 0.3) is 0 Å². The zero-order valence-electron chi connectivity index (χ0n) is 13.0. The molecular formula is C16H16F3N3O2. The van der Waals surface area contributed by atoms with Gasteiger partial charge < -0.3 is 9.64 Å². The van der Waals surface area contributed by atoms with Crippen molar-refractivity contribution in [2.24, 2.45) is 5.92 Å². The minimum absolute atomic E-state index is 0.279. The van der Waals surface area contributed by atoms with Crippen LogP contribution in [0.15, 0.2) is 36.5 Å². The zero-order chi connectivity index (χ0) is 17.3. The van der Waals surface area contributed by atoms with E-state index in [2.05, 4.69) is 5.10 Å². The lowest BCUT2D eigenvalue weighted by atomic mass is 10.1. The van der Waals surface area contributed by atoms with Crippen molar-refractivity contribution in [1.29, 1.82) is 0 Å². The molecular weight excluding hydrogens is 323 g/mol. The predicted molar refractivity (Wildman–Crippen MR) is 80.8 cm³/mol. The lowest BCUT2D eigenvalue weighted by Gasteiger charge is -2.33. The largest absolute Gasteiger partial charge is 0.466 e. The molecule has 0 spiro atoms. The van der Waals surface area contributed by atoms with Crippen LogP contribution in [-0.4, -0.2) is 28.9 Å². The molecule has 1 aromatic carbocycles. The SMILES string of the molecule is CCOC(=O)C1CN(c2ccc(C(F)(F)F)cc2)c2ccnn2C1. The third-order valence-electron chi connectivity index (χ3n) is 3.89. The van der Waals surface area contributed by atoms with Gasteiger partial charge in [-0.05, 0) is 31.2 Å². The van der Waals surface area contributed by atoms with E-state index in [1.807, 2.05) is 0 Å². The smallest absolute Gasteiger partial charge is 0.416 e. The molecule has 2 aromatic rings. The van der Waals surface area contributed by atoms with Gasteiger partial charge in [0, 0.05) is 18.3 Å². The van der Waals surface area contributed by atoms with Crippen molar-refractivity contribution in [2.75, 3.05) is 18.1 Å². The Bertz CT molecular complexity index is 725. The van der Waals surface area contributed by atoms with E-state index < -0.39 is 17.7 Å². The molecule has 24 heavy (non-hydrogen) atoms. The van der Waals surface area contributed by atoms with E-state index in [1.165, 1.54) is 12.1 Å². The van der Waals surface area contributed by atoms with Crippen LogP contribution in [-0.2, 0) is 22.3 Å². The Labute approximate surface area is 136 Å². The fourth-order valence-corrected chi connectivity index (χ4v) is 2.75. The number of halogens is 3. The van der Waals surface area contributed by atoms with Gasteiger partial charge in [-0.25, -0.2) is 4.68 Å². The molecule has 3 rings (SSSR count). The molecule has 1 aromatic heterocycles. The Morgan fingerprint density at radius 1 is 1.25 bits per heavy atom. The summed E-state index contributed by atoms with van der Waals surface area (Å²) in [6.07, 6.45) is -2.78. The third kappa shape index (κ3) is 3.08. The van der Waals surface area contributed by atoms with Crippen molar-refractivity contribution in [3.8, 4) is 0 Å². The second-order valence-electron chi connectivity index (χ2n) is 5.48. The summed E-state index contributed by atoms with van der Waals surface area (Å²) in [5, 5.41) is 4.17. The third-order valence-corrected chi connectivity index (χ3v) is 3.89. The molecule has 0 N–H and O–H groups in total. The number of carbonyl (C=O) groups excluding carboxylic acids is 1. The molecule has 0 saturated heterocycles. The summed E-state index contributed by atoms with van der Waals surface area (Å²) in [6, 6.07) is 6.62. The van der Waals surface area contributed by atoms with Gasteiger partial charge in [-0.3, -0.25) is 4.79 Å². The quantitative estimate of drug-likeness (QED) is 0.806. The highest BCUT2D eigenvalue weighted by Crippen LogP contribution is 2.34. The molecule has 0 bridgehead atoms. The Hall–Kier alpha value is -2.51. The van der Waals surface area contributed by atoms with Crippen LogP contribution < -0.4 is 4.90 Å². The monoisotopic (exact) mass is 339 g/mol. The van der Waals surface area contributed by atoms with Crippen molar-refractivity contribution in [3.05, 3.63) is 42.1 Å². The molecule has 128 valence electrons. The van der Waals surface area contributed by atoms with Crippen LogP contribution in [0.1, 0.15) is 12.5 Å². The molecule has 5 nitrogen and oxygen atoms in total. The first-order valence-corrected chi connectivity index (χ1v) is 7.53. The van der Waals surface area contributed by atoms with Gasteiger partial charge in [-0.1, -0.05) is 0 Å². The number of ether oxygens (including phenoxy) is 1. The van der Waals surface area contributed by atoms with Gasteiger partial charge in [-0.2, -0.15) is 18.3 Å². The summed E-state index contributed by atoms with van der Waals surface area (Å²) in [6.45, 7) is 2.73. The first kappa shape index (κ1) is 16.4. The summed E-state index contributed by atoms with van der Waals surface area (Å²) in [4.78, 5) is 13.8. The standard InChI is InChI=1S/C16H16F3N3O2/c1-2-24-15(23)11-9-21(14-7-8-20-22(14)10-11)13-5-3-12(4-6-13)16(17,18)19/h3-8,11H,2,9-10H2,1H3. The maximum Gasteiger partial charge on any atom is 0.416 e. The summed E-state index contributed by atoms with van der Waals surface area (Å²) in [5.41, 5.74) is -0.141. The van der Waals surface area contributed by atoms with E-state index >= 15 is 0 Å². The lowest BCUT2D eigenvalue weighted by molar-refractivity contribution is -0.148. The number of anilines is 2. The molecule has 0 radical (unpaired) electrons. The highest BCUT2D eigenvalue weighted by Gasteiger charge is 2.33. The van der Waals surface area contributed by atoms with Gasteiger partial charge in [0.2, 0.25) is 0 Å². The van der Waals surface area contributed by atoms with Gasteiger partial charge in [-0.15, -0.1) is 0 Å². The predicted octanol–water partition coefficient (Wildman–Crippen LogP) is 3.23. The Morgan fingerprint density at radius 2 is 1.96 bits per heavy atom. The van der Waals surface area contributed by atoms with Crippen LogP contribution in [0.4, 0.5) is 24.7 Å². The van der Waals surface area contributed by atoms with E-state index in [9.17, 15) is 18.0 Å². The van der Waals surface area contributed by atoms with Crippen LogP contribution in [0.3, 0.4) is 0 Å². The number of alkyl halides is 3. The molecule has 2 heterocycles. The number of aromatic nitrogens is 2. The van der Waals surface area contributed by atoms with E-state index in [-0.39, 0.29) is 12.6 Å². The number of rotatable bonds is 3.